The van der Waals surface area contributed by atoms with Crippen LogP contribution in [0.1, 0.15) is 70.7 Å². The van der Waals surface area contributed by atoms with Crippen LogP contribution in [0.3, 0.4) is 0 Å². The van der Waals surface area contributed by atoms with Crippen molar-refractivity contribution in [3.05, 3.63) is 11.4 Å². The Morgan fingerprint density at radius 3 is 2.38 bits per heavy atom. The van der Waals surface area contributed by atoms with Gasteiger partial charge in [0.05, 0.1) is 0 Å². The summed E-state index contributed by atoms with van der Waals surface area (Å²) in [5.74, 6) is 4.30. The number of anilines is 2. The Bertz CT molecular complexity index is 466. The molecule has 0 bridgehead atoms. The molecule has 1 aliphatic rings. The first-order valence-electron chi connectivity index (χ1n) is 8.40. The number of hydrogen-bond acceptors (Lipinski definition) is 4. The second-order valence-electron chi connectivity index (χ2n) is 6.78. The average Bonchev–Trinajstić information content (AvgIpc) is 3.23. The van der Waals surface area contributed by atoms with Gasteiger partial charge in [-0.3, -0.25) is 0 Å². The molecule has 1 fully saturated rings. The van der Waals surface area contributed by atoms with Gasteiger partial charge in [-0.15, -0.1) is 0 Å². The summed E-state index contributed by atoms with van der Waals surface area (Å²) in [4.78, 5) is 9.53. The molecule has 4 heteroatoms. The van der Waals surface area contributed by atoms with Crippen molar-refractivity contribution in [2.75, 3.05) is 17.2 Å². The Kier molecular flexibility index (Phi) is 5.43. The molecule has 1 aromatic heterocycles. The minimum Gasteiger partial charge on any atom is -0.370 e. The van der Waals surface area contributed by atoms with Gasteiger partial charge in [0.25, 0.3) is 0 Å². The van der Waals surface area contributed by atoms with Crippen molar-refractivity contribution in [3.8, 4) is 0 Å². The van der Waals surface area contributed by atoms with Gasteiger partial charge in [0.2, 0.25) is 0 Å². The summed E-state index contributed by atoms with van der Waals surface area (Å²) < 4.78 is 0. The number of hydrogen-bond donors (Lipinski definition) is 2. The Balaban J connectivity index is 2.19. The summed E-state index contributed by atoms with van der Waals surface area (Å²) in [6.07, 6.45) is 4.73. The van der Waals surface area contributed by atoms with Gasteiger partial charge in [0.15, 0.2) is 0 Å². The van der Waals surface area contributed by atoms with Gasteiger partial charge in [-0.25, -0.2) is 9.97 Å². The fraction of sp³-hybridized carbons (Fsp3) is 0.765. The third-order valence-electron chi connectivity index (χ3n) is 3.86. The van der Waals surface area contributed by atoms with Crippen LogP contribution in [0.5, 0.6) is 0 Å². The first-order chi connectivity index (χ1) is 10.0. The standard InChI is InChI=1S/C17H30N4/c1-6-9-18-15-13(5)16(19-12(4)10-11(2)3)21-17(20-15)14-7-8-14/h11-12,14H,6-10H2,1-5H3,(H2,18,19,20,21). The van der Waals surface area contributed by atoms with Crippen LogP contribution >= 0.6 is 0 Å². The number of aromatic nitrogens is 2. The maximum atomic E-state index is 4.79. The lowest BCUT2D eigenvalue weighted by Gasteiger charge is -2.20. The molecule has 2 N–H and O–H groups in total. The molecule has 0 radical (unpaired) electrons. The summed E-state index contributed by atoms with van der Waals surface area (Å²) in [7, 11) is 0. The van der Waals surface area contributed by atoms with Crippen LogP contribution in [0.2, 0.25) is 0 Å². The summed E-state index contributed by atoms with van der Waals surface area (Å²) in [6.45, 7) is 12.0. The fourth-order valence-electron chi connectivity index (χ4n) is 2.61. The van der Waals surface area contributed by atoms with Gasteiger partial charge < -0.3 is 10.6 Å². The van der Waals surface area contributed by atoms with E-state index in [1.54, 1.807) is 0 Å². The number of nitrogens with one attached hydrogen (secondary N) is 2. The molecule has 0 saturated heterocycles. The molecule has 1 heterocycles. The number of rotatable bonds is 8. The zero-order chi connectivity index (χ0) is 15.4. The van der Waals surface area contributed by atoms with Crippen LogP contribution in [0.4, 0.5) is 11.6 Å². The third kappa shape index (κ3) is 4.58. The summed E-state index contributed by atoms with van der Waals surface area (Å²) in [5, 5.41) is 7.04. The highest BCUT2D eigenvalue weighted by Crippen LogP contribution is 2.39. The summed E-state index contributed by atoms with van der Waals surface area (Å²) in [5.41, 5.74) is 1.14. The molecule has 118 valence electrons. The lowest BCUT2D eigenvalue weighted by molar-refractivity contribution is 0.538. The first kappa shape index (κ1) is 16.1. The number of nitrogens with zero attached hydrogens (tertiary/aromatic N) is 2. The van der Waals surface area contributed by atoms with E-state index < -0.39 is 0 Å². The summed E-state index contributed by atoms with van der Waals surface area (Å²) in [6, 6.07) is 0.435. The predicted molar refractivity (Wildman–Crippen MR) is 90.1 cm³/mol. The van der Waals surface area contributed by atoms with E-state index in [1.807, 2.05) is 0 Å². The van der Waals surface area contributed by atoms with Crippen LogP contribution in [0, 0.1) is 12.8 Å². The van der Waals surface area contributed by atoms with Crippen LogP contribution in [-0.4, -0.2) is 22.6 Å². The van der Waals surface area contributed by atoms with Crippen LogP contribution in [0.15, 0.2) is 0 Å². The molecular weight excluding hydrogens is 260 g/mol. The molecule has 21 heavy (non-hydrogen) atoms. The second-order valence-corrected chi connectivity index (χ2v) is 6.78. The monoisotopic (exact) mass is 290 g/mol. The zero-order valence-corrected chi connectivity index (χ0v) is 14.2. The van der Waals surface area contributed by atoms with E-state index >= 15 is 0 Å². The van der Waals surface area contributed by atoms with Crippen LogP contribution in [0.25, 0.3) is 0 Å². The Hall–Kier alpha value is -1.32. The van der Waals surface area contributed by atoms with E-state index in [1.165, 1.54) is 12.8 Å². The smallest absolute Gasteiger partial charge is 0.136 e. The van der Waals surface area contributed by atoms with Gasteiger partial charge in [-0.2, -0.15) is 0 Å². The van der Waals surface area contributed by atoms with E-state index in [-0.39, 0.29) is 0 Å². The largest absolute Gasteiger partial charge is 0.370 e. The minimum absolute atomic E-state index is 0.435. The van der Waals surface area contributed by atoms with Gasteiger partial charge in [-0.05, 0) is 45.4 Å². The highest BCUT2D eigenvalue weighted by Gasteiger charge is 2.28. The average molecular weight is 290 g/mol. The van der Waals surface area contributed by atoms with E-state index in [9.17, 15) is 0 Å². The predicted octanol–water partition coefficient (Wildman–Crippen LogP) is 4.33. The highest BCUT2D eigenvalue weighted by molar-refractivity contribution is 5.58. The fourth-order valence-corrected chi connectivity index (χ4v) is 2.61. The summed E-state index contributed by atoms with van der Waals surface area (Å²) >= 11 is 0. The van der Waals surface area contributed by atoms with Crippen LogP contribution in [-0.2, 0) is 0 Å². The molecule has 0 aromatic carbocycles. The van der Waals surface area contributed by atoms with Crippen molar-refractivity contribution >= 4 is 11.6 Å². The normalized spacial score (nSPS) is 16.1. The van der Waals surface area contributed by atoms with E-state index in [0.29, 0.717) is 17.9 Å². The van der Waals surface area contributed by atoms with E-state index in [0.717, 1.165) is 42.4 Å². The third-order valence-corrected chi connectivity index (χ3v) is 3.86. The Morgan fingerprint density at radius 1 is 1.14 bits per heavy atom. The van der Waals surface area contributed by atoms with E-state index in [2.05, 4.69) is 45.3 Å². The van der Waals surface area contributed by atoms with Gasteiger partial charge in [-0.1, -0.05) is 20.8 Å². The van der Waals surface area contributed by atoms with Crippen molar-refractivity contribution in [1.82, 2.24) is 9.97 Å². The van der Waals surface area contributed by atoms with Crippen LogP contribution < -0.4 is 10.6 Å². The molecule has 2 rings (SSSR count). The highest BCUT2D eigenvalue weighted by atomic mass is 15.1. The van der Waals surface area contributed by atoms with Crippen molar-refractivity contribution < 1.29 is 0 Å². The molecule has 1 aromatic rings. The molecule has 1 atom stereocenters. The van der Waals surface area contributed by atoms with Crippen molar-refractivity contribution in [2.24, 2.45) is 5.92 Å². The molecule has 0 spiro atoms. The molecule has 1 unspecified atom stereocenters. The topological polar surface area (TPSA) is 49.8 Å². The second kappa shape index (κ2) is 7.10. The maximum absolute atomic E-state index is 4.79. The quantitative estimate of drug-likeness (QED) is 0.748. The van der Waals surface area contributed by atoms with Gasteiger partial charge in [0, 0.05) is 24.1 Å². The SMILES string of the molecule is CCCNc1nc(C2CC2)nc(NC(C)CC(C)C)c1C. The zero-order valence-electron chi connectivity index (χ0n) is 14.2. The lowest BCUT2D eigenvalue weighted by Crippen LogP contribution is -2.20. The maximum Gasteiger partial charge on any atom is 0.136 e. The minimum atomic E-state index is 0.435. The van der Waals surface area contributed by atoms with Crippen molar-refractivity contribution in [3.63, 3.8) is 0 Å². The molecular formula is C17H30N4. The van der Waals surface area contributed by atoms with E-state index in [4.69, 9.17) is 9.97 Å². The Labute approximate surface area is 129 Å². The molecule has 1 saturated carbocycles. The lowest BCUT2D eigenvalue weighted by atomic mass is 10.1. The van der Waals surface area contributed by atoms with Gasteiger partial charge >= 0.3 is 0 Å². The molecule has 0 amide bonds. The molecule has 0 aliphatic heterocycles. The Morgan fingerprint density at radius 2 is 1.81 bits per heavy atom. The van der Waals surface area contributed by atoms with Crippen molar-refractivity contribution in [2.45, 2.75) is 72.3 Å². The first-order valence-corrected chi connectivity index (χ1v) is 8.40. The van der Waals surface area contributed by atoms with Crippen molar-refractivity contribution in [1.29, 1.82) is 0 Å². The molecule has 1 aliphatic carbocycles. The van der Waals surface area contributed by atoms with Gasteiger partial charge in [0.1, 0.15) is 17.5 Å². The molecule has 4 nitrogen and oxygen atoms in total.